The number of anilines is 1. The van der Waals surface area contributed by atoms with Gasteiger partial charge < -0.3 is 10.4 Å². The van der Waals surface area contributed by atoms with Gasteiger partial charge in [0.1, 0.15) is 0 Å². The average Bonchev–Trinajstić information content (AvgIpc) is 2.46. The second kappa shape index (κ2) is 6.27. The summed E-state index contributed by atoms with van der Waals surface area (Å²) in [5, 5.41) is 13.4. The predicted molar refractivity (Wildman–Crippen MR) is 76.2 cm³/mol. The van der Waals surface area contributed by atoms with Gasteiger partial charge in [0.2, 0.25) is 9.84 Å². The molecule has 0 unspecified atom stereocenters. The van der Waals surface area contributed by atoms with Crippen LogP contribution in [-0.4, -0.2) is 31.4 Å². The van der Waals surface area contributed by atoms with Crippen LogP contribution in [-0.2, 0) is 9.84 Å². The average molecular weight is 319 g/mol. The highest BCUT2D eigenvalue weighted by atomic mass is 32.2. The Labute approximate surface area is 123 Å². The van der Waals surface area contributed by atoms with Crippen molar-refractivity contribution in [3.8, 4) is 0 Å². The molecule has 1 saturated carbocycles. The van der Waals surface area contributed by atoms with Gasteiger partial charge >= 0.3 is 5.76 Å². The van der Waals surface area contributed by atoms with Crippen LogP contribution in [0.25, 0.3) is 0 Å². The van der Waals surface area contributed by atoms with Crippen LogP contribution >= 0.6 is 0 Å². The Balaban J connectivity index is 2.00. The number of benzene rings is 1. The lowest BCUT2D eigenvalue weighted by Gasteiger charge is -2.32. The van der Waals surface area contributed by atoms with Crippen LogP contribution in [0.2, 0.25) is 0 Å². The largest absolute Gasteiger partial charge is 0.388 e. The number of nitrogens with one attached hydrogen (secondary N) is 1. The third-order valence-corrected chi connectivity index (χ3v) is 5.22. The van der Waals surface area contributed by atoms with Crippen molar-refractivity contribution < 1.29 is 22.3 Å². The molecule has 2 N–H and O–H groups in total. The van der Waals surface area contributed by atoms with Crippen molar-refractivity contribution in [2.45, 2.75) is 48.4 Å². The Morgan fingerprint density at radius 1 is 1.14 bits per heavy atom. The van der Waals surface area contributed by atoms with Gasteiger partial charge in [0, 0.05) is 12.2 Å². The van der Waals surface area contributed by atoms with Crippen LogP contribution in [0.3, 0.4) is 0 Å². The van der Waals surface area contributed by atoms with E-state index in [9.17, 15) is 22.3 Å². The normalized spacial score (nSPS) is 18.7. The van der Waals surface area contributed by atoms with Crippen LogP contribution < -0.4 is 5.32 Å². The summed E-state index contributed by atoms with van der Waals surface area (Å²) in [4.78, 5) is -0.403. The SMILES string of the molecule is O=S(=O)(c1ccc(NCC2(O)CCCCC2)cc1)C(F)F. The molecule has 0 bridgehead atoms. The molecule has 2 rings (SSSR count). The molecule has 0 radical (unpaired) electrons. The lowest BCUT2D eigenvalue weighted by molar-refractivity contribution is 0.0167. The summed E-state index contributed by atoms with van der Waals surface area (Å²) in [5.74, 6) is -3.42. The minimum atomic E-state index is -4.55. The molecule has 118 valence electrons. The topological polar surface area (TPSA) is 66.4 Å². The van der Waals surface area contributed by atoms with Crippen molar-refractivity contribution in [2.75, 3.05) is 11.9 Å². The number of alkyl halides is 2. The van der Waals surface area contributed by atoms with Crippen LogP contribution in [0, 0.1) is 0 Å². The first-order chi connectivity index (χ1) is 9.83. The molecule has 1 aromatic carbocycles. The number of hydrogen-bond donors (Lipinski definition) is 2. The first-order valence-corrected chi connectivity index (χ1v) is 8.47. The van der Waals surface area contributed by atoms with Crippen molar-refractivity contribution in [1.29, 1.82) is 0 Å². The molecule has 0 heterocycles. The first kappa shape index (κ1) is 16.2. The lowest BCUT2D eigenvalue weighted by Crippen LogP contribution is -2.38. The van der Waals surface area contributed by atoms with E-state index in [-0.39, 0.29) is 0 Å². The number of rotatable bonds is 5. The quantitative estimate of drug-likeness (QED) is 0.876. The highest BCUT2D eigenvalue weighted by Gasteiger charge is 2.29. The molecular formula is C14H19F2NO3S. The summed E-state index contributed by atoms with van der Waals surface area (Å²) < 4.78 is 47.4. The molecule has 0 atom stereocenters. The Kier molecular flexibility index (Phi) is 4.83. The molecule has 21 heavy (non-hydrogen) atoms. The maximum absolute atomic E-state index is 12.4. The summed E-state index contributed by atoms with van der Waals surface area (Å²) >= 11 is 0. The zero-order chi connectivity index (χ0) is 15.5. The van der Waals surface area contributed by atoms with Gasteiger partial charge in [-0.05, 0) is 37.1 Å². The standard InChI is InChI=1S/C14H19F2NO3S/c15-13(16)21(19,20)12-6-4-11(5-7-12)17-10-14(18)8-2-1-3-9-14/h4-7,13,17-18H,1-3,8-10H2. The maximum Gasteiger partial charge on any atom is 0.341 e. The fraction of sp³-hybridized carbons (Fsp3) is 0.571. The minimum Gasteiger partial charge on any atom is -0.388 e. The number of halogens is 2. The third kappa shape index (κ3) is 3.91. The summed E-state index contributed by atoms with van der Waals surface area (Å²) in [6.45, 7) is 0.369. The fourth-order valence-corrected chi connectivity index (χ4v) is 3.24. The van der Waals surface area contributed by atoms with Crippen molar-refractivity contribution in [3.63, 3.8) is 0 Å². The molecule has 0 amide bonds. The van der Waals surface area contributed by atoms with Gasteiger partial charge in [0.05, 0.1) is 10.5 Å². The van der Waals surface area contributed by atoms with E-state index in [1.54, 1.807) is 0 Å². The number of aliphatic hydroxyl groups is 1. The lowest BCUT2D eigenvalue weighted by atomic mass is 9.85. The molecule has 7 heteroatoms. The summed E-state index contributed by atoms with van der Waals surface area (Å²) in [6, 6.07) is 5.16. The van der Waals surface area contributed by atoms with E-state index >= 15 is 0 Å². The van der Waals surface area contributed by atoms with E-state index in [0.717, 1.165) is 44.2 Å². The van der Waals surface area contributed by atoms with E-state index in [4.69, 9.17) is 0 Å². The van der Waals surface area contributed by atoms with Gasteiger partial charge in [-0.1, -0.05) is 19.3 Å². The minimum absolute atomic E-state index is 0.369. The van der Waals surface area contributed by atoms with E-state index in [1.807, 2.05) is 0 Å². The van der Waals surface area contributed by atoms with Crippen LogP contribution in [0.15, 0.2) is 29.2 Å². The molecule has 0 aromatic heterocycles. The monoisotopic (exact) mass is 319 g/mol. The van der Waals surface area contributed by atoms with Crippen LogP contribution in [0.5, 0.6) is 0 Å². The van der Waals surface area contributed by atoms with Gasteiger partial charge in [-0.15, -0.1) is 0 Å². The highest BCUT2D eigenvalue weighted by Crippen LogP contribution is 2.28. The second-order valence-electron chi connectivity index (χ2n) is 5.47. The fourth-order valence-electron chi connectivity index (χ4n) is 2.52. The van der Waals surface area contributed by atoms with Crippen molar-refractivity contribution >= 4 is 15.5 Å². The summed E-state index contributed by atoms with van der Waals surface area (Å²) in [7, 11) is -4.55. The van der Waals surface area contributed by atoms with E-state index in [2.05, 4.69) is 5.32 Å². The molecule has 0 aliphatic heterocycles. The number of sulfone groups is 1. The molecule has 0 spiro atoms. The molecule has 0 saturated heterocycles. The predicted octanol–water partition coefficient (Wildman–Crippen LogP) is 2.79. The van der Waals surface area contributed by atoms with Gasteiger partial charge in [-0.3, -0.25) is 0 Å². The van der Waals surface area contributed by atoms with Crippen molar-refractivity contribution in [3.05, 3.63) is 24.3 Å². The van der Waals surface area contributed by atoms with Crippen molar-refractivity contribution in [1.82, 2.24) is 0 Å². The molecule has 1 aromatic rings. The summed E-state index contributed by atoms with van der Waals surface area (Å²) in [5.41, 5.74) is -0.145. The van der Waals surface area contributed by atoms with Crippen LogP contribution in [0.1, 0.15) is 32.1 Å². The van der Waals surface area contributed by atoms with E-state index in [1.165, 1.54) is 12.1 Å². The molecular weight excluding hydrogens is 300 g/mol. The zero-order valence-corrected chi connectivity index (χ0v) is 12.4. The smallest absolute Gasteiger partial charge is 0.341 e. The Morgan fingerprint density at radius 3 is 2.24 bits per heavy atom. The second-order valence-corrected chi connectivity index (χ2v) is 7.39. The Hall–Kier alpha value is -1.21. The highest BCUT2D eigenvalue weighted by molar-refractivity contribution is 7.91. The molecule has 1 aliphatic rings. The zero-order valence-electron chi connectivity index (χ0n) is 11.6. The van der Waals surface area contributed by atoms with Gasteiger partial charge in [0.15, 0.2) is 0 Å². The Bertz CT molecular complexity index is 566. The van der Waals surface area contributed by atoms with Gasteiger partial charge in [-0.2, -0.15) is 8.78 Å². The molecule has 4 nitrogen and oxygen atoms in total. The van der Waals surface area contributed by atoms with E-state index < -0.39 is 26.1 Å². The third-order valence-electron chi connectivity index (χ3n) is 3.82. The summed E-state index contributed by atoms with van der Waals surface area (Å²) in [6.07, 6.45) is 4.58. The van der Waals surface area contributed by atoms with Gasteiger partial charge in [0.25, 0.3) is 0 Å². The molecule has 1 aliphatic carbocycles. The first-order valence-electron chi connectivity index (χ1n) is 6.92. The van der Waals surface area contributed by atoms with Crippen molar-refractivity contribution in [2.24, 2.45) is 0 Å². The van der Waals surface area contributed by atoms with Crippen LogP contribution in [0.4, 0.5) is 14.5 Å². The maximum atomic E-state index is 12.4. The van der Waals surface area contributed by atoms with E-state index in [0.29, 0.717) is 12.2 Å². The Morgan fingerprint density at radius 2 is 1.71 bits per heavy atom. The molecule has 1 fully saturated rings. The van der Waals surface area contributed by atoms with Gasteiger partial charge in [-0.25, -0.2) is 8.42 Å². The number of hydrogen-bond acceptors (Lipinski definition) is 4.